The highest BCUT2D eigenvalue weighted by molar-refractivity contribution is 5.82. The van der Waals surface area contributed by atoms with Crippen molar-refractivity contribution in [2.75, 3.05) is 0 Å². The molecule has 2 rings (SSSR count). The molecule has 0 nitrogen and oxygen atoms in total. The van der Waals surface area contributed by atoms with E-state index in [1.165, 1.54) is 12.1 Å². The summed E-state index contributed by atoms with van der Waals surface area (Å²) in [6.07, 6.45) is 0. The Morgan fingerprint density at radius 2 is 1.46 bits per heavy atom. The van der Waals surface area contributed by atoms with Gasteiger partial charge in [-0.1, -0.05) is 44.2 Å². The lowest BCUT2D eigenvalue weighted by Gasteiger charge is -1.94. The van der Waals surface area contributed by atoms with Gasteiger partial charge in [-0.25, -0.2) is 4.39 Å². The van der Waals surface area contributed by atoms with Gasteiger partial charge in [-0.2, -0.15) is 0 Å². The molecule has 0 spiro atoms. The average Bonchev–Trinajstić information content (AvgIpc) is 2.21. The van der Waals surface area contributed by atoms with Crippen molar-refractivity contribution in [1.29, 1.82) is 0 Å². The molecule has 0 saturated heterocycles. The van der Waals surface area contributed by atoms with E-state index in [9.17, 15) is 4.39 Å². The maximum absolute atomic E-state index is 12.6. The molecule has 0 unspecified atom stereocenters. The number of hydrogen-bond acceptors (Lipinski definition) is 0. The first-order valence-electron chi connectivity index (χ1n) is 4.50. The van der Waals surface area contributed by atoms with Crippen LogP contribution in [-0.2, 0) is 0 Å². The molecule has 0 amide bonds. The second-order valence-corrected chi connectivity index (χ2v) is 2.49. The van der Waals surface area contributed by atoms with Crippen LogP contribution in [0.4, 0.5) is 4.39 Å². The first-order valence-corrected chi connectivity index (χ1v) is 4.50. The topological polar surface area (TPSA) is 0 Å². The van der Waals surface area contributed by atoms with Gasteiger partial charge in [-0.15, -0.1) is 0 Å². The lowest BCUT2D eigenvalue weighted by Crippen LogP contribution is -1.73. The van der Waals surface area contributed by atoms with Crippen molar-refractivity contribution in [2.24, 2.45) is 0 Å². The molecule has 0 atom stereocenters. The van der Waals surface area contributed by atoms with Crippen LogP contribution in [0.25, 0.3) is 10.8 Å². The van der Waals surface area contributed by atoms with E-state index < -0.39 is 0 Å². The average molecular weight is 176 g/mol. The summed E-state index contributed by atoms with van der Waals surface area (Å²) in [6.45, 7) is 4.00. The molecule has 0 aliphatic rings. The molecule has 0 fully saturated rings. The zero-order valence-electron chi connectivity index (χ0n) is 7.92. The summed E-state index contributed by atoms with van der Waals surface area (Å²) in [4.78, 5) is 0. The Morgan fingerprint density at radius 3 is 2.15 bits per heavy atom. The van der Waals surface area contributed by atoms with Gasteiger partial charge < -0.3 is 0 Å². The largest absolute Gasteiger partial charge is 0.207 e. The van der Waals surface area contributed by atoms with Gasteiger partial charge in [0.05, 0.1) is 0 Å². The molecule has 0 radical (unpaired) electrons. The van der Waals surface area contributed by atoms with E-state index in [4.69, 9.17) is 0 Å². The van der Waals surface area contributed by atoms with Crippen LogP contribution in [0.1, 0.15) is 13.8 Å². The van der Waals surface area contributed by atoms with Crippen molar-refractivity contribution in [1.82, 2.24) is 0 Å². The molecule has 2 aromatic carbocycles. The highest BCUT2D eigenvalue weighted by Crippen LogP contribution is 2.13. The van der Waals surface area contributed by atoms with Gasteiger partial charge in [0.15, 0.2) is 0 Å². The van der Waals surface area contributed by atoms with Crippen LogP contribution < -0.4 is 0 Å². The maximum atomic E-state index is 12.6. The standard InChI is InChI=1S/C10H7F.C2H6/c11-10-6-5-8-3-1-2-4-9(8)7-10;1-2/h1-7H;1-2H3. The second kappa shape index (κ2) is 4.61. The Balaban J connectivity index is 0.000000396. The van der Waals surface area contributed by atoms with Crippen LogP contribution in [0.15, 0.2) is 42.5 Å². The molecule has 0 aromatic heterocycles. The number of hydrogen-bond donors (Lipinski definition) is 0. The summed E-state index contributed by atoms with van der Waals surface area (Å²) >= 11 is 0. The molecular formula is C12H13F. The minimum atomic E-state index is -0.177. The van der Waals surface area contributed by atoms with Gasteiger partial charge in [-0.05, 0) is 22.9 Å². The molecule has 0 aliphatic carbocycles. The van der Waals surface area contributed by atoms with E-state index >= 15 is 0 Å². The molecule has 0 aliphatic heterocycles. The Hall–Kier alpha value is -1.37. The third kappa shape index (κ3) is 2.28. The lowest BCUT2D eigenvalue weighted by atomic mass is 10.1. The fourth-order valence-electron chi connectivity index (χ4n) is 1.16. The van der Waals surface area contributed by atoms with Crippen LogP contribution in [0, 0.1) is 5.82 Å². The maximum Gasteiger partial charge on any atom is 0.123 e. The van der Waals surface area contributed by atoms with E-state index in [0.29, 0.717) is 0 Å². The van der Waals surface area contributed by atoms with Crippen molar-refractivity contribution in [3.05, 3.63) is 48.3 Å². The minimum Gasteiger partial charge on any atom is -0.207 e. The molecule has 1 heteroatoms. The monoisotopic (exact) mass is 176 g/mol. The Morgan fingerprint density at radius 1 is 0.846 bits per heavy atom. The highest BCUT2D eigenvalue weighted by Gasteiger charge is 1.92. The Bertz CT molecular complexity index is 380. The summed E-state index contributed by atoms with van der Waals surface area (Å²) in [5.74, 6) is -0.177. The third-order valence-corrected chi connectivity index (χ3v) is 1.71. The van der Waals surface area contributed by atoms with Crippen LogP contribution in [0.2, 0.25) is 0 Å². The summed E-state index contributed by atoms with van der Waals surface area (Å²) in [5, 5.41) is 2.03. The molecular weight excluding hydrogens is 163 g/mol. The molecule has 0 saturated carbocycles. The Kier molecular flexibility index (Phi) is 3.44. The summed E-state index contributed by atoms with van der Waals surface area (Å²) in [7, 11) is 0. The molecule has 68 valence electrons. The fraction of sp³-hybridized carbons (Fsp3) is 0.167. The SMILES string of the molecule is CC.Fc1ccc2ccccc2c1. The molecule has 0 bridgehead atoms. The van der Waals surface area contributed by atoms with Crippen molar-refractivity contribution >= 4 is 10.8 Å². The third-order valence-electron chi connectivity index (χ3n) is 1.71. The first-order chi connectivity index (χ1) is 6.36. The first kappa shape index (κ1) is 9.72. The van der Waals surface area contributed by atoms with Crippen molar-refractivity contribution in [3.8, 4) is 0 Å². The van der Waals surface area contributed by atoms with E-state index in [-0.39, 0.29) is 5.82 Å². The van der Waals surface area contributed by atoms with E-state index in [1.807, 2.05) is 38.1 Å². The van der Waals surface area contributed by atoms with E-state index in [0.717, 1.165) is 10.8 Å². The van der Waals surface area contributed by atoms with Gasteiger partial charge >= 0.3 is 0 Å². The number of fused-ring (bicyclic) bond motifs is 1. The molecule has 0 heterocycles. The molecule has 2 aromatic rings. The van der Waals surface area contributed by atoms with Crippen LogP contribution >= 0.6 is 0 Å². The normalized spacial score (nSPS) is 9.15. The zero-order valence-corrected chi connectivity index (χ0v) is 7.92. The quantitative estimate of drug-likeness (QED) is 0.569. The van der Waals surface area contributed by atoms with Crippen LogP contribution in [-0.4, -0.2) is 0 Å². The highest BCUT2D eigenvalue weighted by atomic mass is 19.1. The van der Waals surface area contributed by atoms with Crippen LogP contribution in [0.3, 0.4) is 0 Å². The van der Waals surface area contributed by atoms with Crippen molar-refractivity contribution in [3.63, 3.8) is 0 Å². The van der Waals surface area contributed by atoms with Gasteiger partial charge in [0, 0.05) is 0 Å². The minimum absolute atomic E-state index is 0.177. The lowest BCUT2D eigenvalue weighted by molar-refractivity contribution is 0.630. The number of halogens is 1. The summed E-state index contributed by atoms with van der Waals surface area (Å²) < 4.78 is 12.6. The van der Waals surface area contributed by atoms with Gasteiger partial charge in [0.25, 0.3) is 0 Å². The van der Waals surface area contributed by atoms with Gasteiger partial charge in [-0.3, -0.25) is 0 Å². The predicted molar refractivity (Wildman–Crippen MR) is 55.3 cm³/mol. The van der Waals surface area contributed by atoms with Gasteiger partial charge in [0.1, 0.15) is 5.82 Å². The number of rotatable bonds is 0. The zero-order chi connectivity index (χ0) is 9.68. The number of benzene rings is 2. The summed E-state index contributed by atoms with van der Waals surface area (Å²) in [6, 6.07) is 12.5. The second-order valence-electron chi connectivity index (χ2n) is 2.49. The summed E-state index contributed by atoms with van der Waals surface area (Å²) in [5.41, 5.74) is 0. The van der Waals surface area contributed by atoms with Crippen LogP contribution in [0.5, 0.6) is 0 Å². The van der Waals surface area contributed by atoms with E-state index in [1.54, 1.807) is 6.07 Å². The predicted octanol–water partition coefficient (Wildman–Crippen LogP) is 4.01. The van der Waals surface area contributed by atoms with E-state index in [2.05, 4.69) is 0 Å². The fourth-order valence-corrected chi connectivity index (χ4v) is 1.16. The Labute approximate surface area is 78.0 Å². The molecule has 13 heavy (non-hydrogen) atoms. The van der Waals surface area contributed by atoms with Crippen molar-refractivity contribution in [2.45, 2.75) is 13.8 Å². The van der Waals surface area contributed by atoms with Crippen molar-refractivity contribution < 1.29 is 4.39 Å². The molecule has 0 N–H and O–H groups in total. The van der Waals surface area contributed by atoms with Gasteiger partial charge in [0.2, 0.25) is 0 Å². The smallest absolute Gasteiger partial charge is 0.123 e.